The lowest BCUT2D eigenvalue weighted by Crippen LogP contribution is -2.00. The second-order valence-corrected chi connectivity index (χ2v) is 4.69. The number of rotatable bonds is 5. The summed E-state index contributed by atoms with van der Waals surface area (Å²) in [5.74, 6) is 2.37. The average molecular weight is 251 g/mol. The second-order valence-electron chi connectivity index (χ2n) is 3.70. The molecule has 0 spiro atoms. The van der Waals surface area contributed by atoms with Crippen molar-refractivity contribution >= 4 is 11.8 Å². The van der Waals surface area contributed by atoms with Gasteiger partial charge in [-0.3, -0.25) is 0 Å². The largest absolute Gasteiger partial charge is 0.468 e. The van der Waals surface area contributed by atoms with Crippen LogP contribution in [0.25, 0.3) is 0 Å². The minimum absolute atomic E-state index is 0.229. The molecule has 2 nitrogen and oxygen atoms in total. The van der Waals surface area contributed by atoms with E-state index >= 15 is 0 Å². The highest BCUT2D eigenvalue weighted by molar-refractivity contribution is 7.97. The molecule has 2 aromatic rings. The lowest BCUT2D eigenvalue weighted by Gasteiger charge is -2.04. The Hall–Kier alpha value is -1.26. The van der Waals surface area contributed by atoms with Crippen molar-refractivity contribution in [1.29, 1.82) is 0 Å². The smallest absolute Gasteiger partial charge is 0.127 e. The molecule has 2 N–H and O–H groups in total. The zero-order chi connectivity index (χ0) is 12.1. The molecule has 0 aliphatic carbocycles. The van der Waals surface area contributed by atoms with E-state index < -0.39 is 0 Å². The fourth-order valence-corrected chi connectivity index (χ4v) is 2.42. The average Bonchev–Trinajstić information content (AvgIpc) is 2.84. The number of benzene rings is 1. The van der Waals surface area contributed by atoms with E-state index in [0.717, 1.165) is 22.8 Å². The minimum atomic E-state index is -0.229. The second kappa shape index (κ2) is 5.89. The molecule has 0 amide bonds. The third kappa shape index (κ3) is 3.35. The van der Waals surface area contributed by atoms with Crippen LogP contribution in [0, 0.1) is 5.82 Å². The van der Waals surface area contributed by atoms with E-state index in [2.05, 4.69) is 0 Å². The lowest BCUT2D eigenvalue weighted by molar-refractivity contribution is 0.530. The van der Waals surface area contributed by atoms with Gasteiger partial charge in [0.25, 0.3) is 0 Å². The molecular weight excluding hydrogens is 237 g/mol. The Kier molecular flexibility index (Phi) is 4.23. The molecule has 0 saturated heterocycles. The maximum Gasteiger partial charge on any atom is 0.127 e. The number of furan rings is 1. The maximum absolute atomic E-state index is 13.2. The van der Waals surface area contributed by atoms with Crippen molar-refractivity contribution in [1.82, 2.24) is 0 Å². The molecule has 1 aromatic carbocycles. The quantitative estimate of drug-likeness (QED) is 0.886. The predicted octanol–water partition coefficient (Wildman–Crippen LogP) is 3.31. The van der Waals surface area contributed by atoms with Crippen LogP contribution in [0.1, 0.15) is 16.9 Å². The molecule has 0 atom stereocenters. The highest BCUT2D eigenvalue weighted by Crippen LogP contribution is 2.19. The molecule has 0 bridgehead atoms. The van der Waals surface area contributed by atoms with Gasteiger partial charge >= 0.3 is 0 Å². The topological polar surface area (TPSA) is 39.2 Å². The van der Waals surface area contributed by atoms with E-state index in [1.165, 1.54) is 6.07 Å². The van der Waals surface area contributed by atoms with Gasteiger partial charge in [-0.1, -0.05) is 12.1 Å². The first-order valence-electron chi connectivity index (χ1n) is 5.37. The number of halogens is 1. The molecule has 0 aliphatic rings. The predicted molar refractivity (Wildman–Crippen MR) is 68.0 cm³/mol. The summed E-state index contributed by atoms with van der Waals surface area (Å²) in [7, 11) is 0. The summed E-state index contributed by atoms with van der Waals surface area (Å²) < 4.78 is 18.4. The van der Waals surface area contributed by atoms with Crippen LogP contribution < -0.4 is 5.73 Å². The zero-order valence-electron chi connectivity index (χ0n) is 9.36. The number of hydrogen-bond donors (Lipinski definition) is 1. The molecule has 4 heteroatoms. The molecule has 1 aromatic heterocycles. The van der Waals surface area contributed by atoms with Crippen LogP contribution in [-0.2, 0) is 18.1 Å². The number of nitrogens with two attached hydrogens (primary N) is 1. The zero-order valence-corrected chi connectivity index (χ0v) is 10.2. The van der Waals surface area contributed by atoms with Crippen molar-refractivity contribution < 1.29 is 8.81 Å². The van der Waals surface area contributed by atoms with Crippen LogP contribution in [-0.4, -0.2) is 0 Å². The van der Waals surface area contributed by atoms with Gasteiger partial charge in [0.1, 0.15) is 11.6 Å². The highest BCUT2D eigenvalue weighted by atomic mass is 32.2. The Bertz CT molecular complexity index is 470. The Balaban J connectivity index is 1.90. The molecule has 0 fully saturated rings. The third-order valence-electron chi connectivity index (χ3n) is 2.42. The van der Waals surface area contributed by atoms with Crippen molar-refractivity contribution in [2.45, 2.75) is 18.1 Å². The minimum Gasteiger partial charge on any atom is -0.468 e. The molecular formula is C13H14FNOS. The Morgan fingerprint density at radius 1 is 1.24 bits per heavy atom. The van der Waals surface area contributed by atoms with Gasteiger partial charge in [-0.25, -0.2) is 4.39 Å². The Morgan fingerprint density at radius 2 is 2.12 bits per heavy atom. The SMILES string of the molecule is NCc1cc(CSCc2ccco2)ccc1F. The molecule has 90 valence electrons. The summed E-state index contributed by atoms with van der Waals surface area (Å²) in [6.07, 6.45) is 1.67. The summed E-state index contributed by atoms with van der Waals surface area (Å²) >= 11 is 1.73. The van der Waals surface area contributed by atoms with Crippen molar-refractivity contribution in [3.05, 3.63) is 59.3 Å². The molecule has 0 saturated carbocycles. The molecule has 0 radical (unpaired) electrons. The molecule has 2 rings (SSSR count). The van der Waals surface area contributed by atoms with Crippen molar-refractivity contribution in [3.8, 4) is 0 Å². The van der Waals surface area contributed by atoms with E-state index in [1.807, 2.05) is 18.2 Å². The van der Waals surface area contributed by atoms with E-state index in [0.29, 0.717) is 5.56 Å². The summed E-state index contributed by atoms with van der Waals surface area (Å²) in [6.45, 7) is 0.239. The fraction of sp³-hybridized carbons (Fsp3) is 0.231. The van der Waals surface area contributed by atoms with Crippen molar-refractivity contribution in [3.63, 3.8) is 0 Å². The van der Waals surface area contributed by atoms with Crippen LogP contribution in [0.4, 0.5) is 4.39 Å². The monoisotopic (exact) mass is 251 g/mol. The fourth-order valence-electron chi connectivity index (χ4n) is 1.54. The normalized spacial score (nSPS) is 10.7. The van der Waals surface area contributed by atoms with Gasteiger partial charge in [0.15, 0.2) is 0 Å². The maximum atomic E-state index is 13.2. The van der Waals surface area contributed by atoms with Gasteiger partial charge in [0.05, 0.1) is 12.0 Å². The first-order valence-corrected chi connectivity index (χ1v) is 6.52. The van der Waals surface area contributed by atoms with Crippen LogP contribution in [0.15, 0.2) is 41.0 Å². The molecule has 17 heavy (non-hydrogen) atoms. The molecule has 1 heterocycles. The highest BCUT2D eigenvalue weighted by Gasteiger charge is 2.03. The first kappa shape index (κ1) is 12.2. The van der Waals surface area contributed by atoms with Crippen LogP contribution >= 0.6 is 11.8 Å². The number of thioether (sulfide) groups is 1. The summed E-state index contributed by atoms with van der Waals surface area (Å²) in [6, 6.07) is 8.92. The molecule has 0 unspecified atom stereocenters. The Morgan fingerprint density at radius 3 is 2.82 bits per heavy atom. The van der Waals surface area contributed by atoms with Gasteiger partial charge in [0.2, 0.25) is 0 Å². The Labute approximate surface area is 104 Å². The van der Waals surface area contributed by atoms with Crippen LogP contribution in [0.5, 0.6) is 0 Å². The molecule has 0 aliphatic heterocycles. The van der Waals surface area contributed by atoms with E-state index in [9.17, 15) is 4.39 Å². The van der Waals surface area contributed by atoms with Crippen molar-refractivity contribution in [2.24, 2.45) is 5.73 Å². The van der Waals surface area contributed by atoms with Gasteiger partial charge in [-0.05, 0) is 23.8 Å². The van der Waals surface area contributed by atoms with E-state index in [1.54, 1.807) is 24.1 Å². The van der Waals surface area contributed by atoms with Gasteiger partial charge in [-0.2, -0.15) is 0 Å². The van der Waals surface area contributed by atoms with Crippen LogP contribution in [0.3, 0.4) is 0 Å². The summed E-state index contributed by atoms with van der Waals surface area (Å²) in [5.41, 5.74) is 7.12. The van der Waals surface area contributed by atoms with E-state index in [-0.39, 0.29) is 12.4 Å². The first-order chi connectivity index (χ1) is 8.29. The van der Waals surface area contributed by atoms with Gasteiger partial charge in [0, 0.05) is 17.9 Å². The third-order valence-corrected chi connectivity index (χ3v) is 3.45. The summed E-state index contributed by atoms with van der Waals surface area (Å²) in [4.78, 5) is 0. The van der Waals surface area contributed by atoms with Crippen molar-refractivity contribution in [2.75, 3.05) is 0 Å². The van der Waals surface area contributed by atoms with Gasteiger partial charge in [-0.15, -0.1) is 11.8 Å². The summed E-state index contributed by atoms with van der Waals surface area (Å²) in [5, 5.41) is 0. The van der Waals surface area contributed by atoms with Gasteiger partial charge < -0.3 is 10.2 Å². The lowest BCUT2D eigenvalue weighted by atomic mass is 10.1. The van der Waals surface area contributed by atoms with Crippen LogP contribution in [0.2, 0.25) is 0 Å². The van der Waals surface area contributed by atoms with E-state index in [4.69, 9.17) is 10.2 Å². The number of hydrogen-bond acceptors (Lipinski definition) is 3. The standard InChI is InChI=1S/C13H14FNOS/c14-13-4-3-10(6-11(13)7-15)8-17-9-12-2-1-5-16-12/h1-6H,7-9,15H2.